The van der Waals surface area contributed by atoms with Gasteiger partial charge in [0.25, 0.3) is 5.56 Å². The second kappa shape index (κ2) is 8.88. The maximum atomic E-state index is 12.3. The van der Waals surface area contributed by atoms with Gasteiger partial charge in [-0.2, -0.15) is 4.98 Å². The Balaban J connectivity index is 1.76. The first-order valence-corrected chi connectivity index (χ1v) is 11.3. The highest BCUT2D eigenvalue weighted by Crippen LogP contribution is 2.24. The molecule has 0 aliphatic heterocycles. The fraction of sp³-hybridized carbons (Fsp3) is 0.0556. The predicted octanol–water partition coefficient (Wildman–Crippen LogP) is 1.85. The van der Waals surface area contributed by atoms with Gasteiger partial charge in [0, 0.05) is 22.5 Å². The summed E-state index contributed by atoms with van der Waals surface area (Å²) in [5.41, 5.74) is 6.48. The average Bonchev–Trinajstić information content (AvgIpc) is 2.67. The molecule has 0 spiro atoms. The van der Waals surface area contributed by atoms with Crippen LogP contribution in [0.1, 0.15) is 0 Å². The van der Waals surface area contributed by atoms with Gasteiger partial charge in [0.15, 0.2) is 5.16 Å². The van der Waals surface area contributed by atoms with Gasteiger partial charge in [0.2, 0.25) is 15.9 Å². The number of nitrogen functional groups attached to an aromatic ring is 1. The zero-order valence-electron chi connectivity index (χ0n) is 15.3. The lowest BCUT2D eigenvalue weighted by molar-refractivity contribution is -0.113. The molecule has 0 fully saturated rings. The quantitative estimate of drug-likeness (QED) is 0.371. The van der Waals surface area contributed by atoms with Crippen LogP contribution in [0.25, 0.3) is 5.69 Å². The molecule has 12 heteroatoms. The molecule has 0 bridgehead atoms. The van der Waals surface area contributed by atoms with Crippen LogP contribution in [0.15, 0.2) is 69.4 Å². The zero-order valence-corrected chi connectivity index (χ0v) is 17.7. The summed E-state index contributed by atoms with van der Waals surface area (Å²) in [6.07, 6.45) is 0. The van der Waals surface area contributed by atoms with E-state index < -0.39 is 15.6 Å². The van der Waals surface area contributed by atoms with E-state index in [1.807, 2.05) is 0 Å². The van der Waals surface area contributed by atoms with Crippen LogP contribution >= 0.6 is 23.4 Å². The zero-order chi connectivity index (χ0) is 21.9. The van der Waals surface area contributed by atoms with Crippen LogP contribution in [-0.2, 0) is 14.8 Å². The Kier molecular flexibility index (Phi) is 6.46. The van der Waals surface area contributed by atoms with E-state index in [0.717, 1.165) is 11.8 Å². The lowest BCUT2D eigenvalue weighted by atomic mass is 10.3. The minimum atomic E-state index is -3.81. The van der Waals surface area contributed by atoms with Gasteiger partial charge in [0.05, 0.1) is 10.6 Å². The third-order valence-corrected chi connectivity index (χ3v) is 5.93. The summed E-state index contributed by atoms with van der Waals surface area (Å²) in [6, 6.07) is 13.4. The van der Waals surface area contributed by atoms with Crippen molar-refractivity contribution < 1.29 is 13.2 Å². The summed E-state index contributed by atoms with van der Waals surface area (Å²) in [5.74, 6) is -0.290. The van der Waals surface area contributed by atoms with Gasteiger partial charge in [-0.05, 0) is 48.5 Å². The molecule has 3 aromatic rings. The summed E-state index contributed by atoms with van der Waals surface area (Å²) in [7, 11) is -3.81. The molecule has 5 N–H and O–H groups in total. The Hall–Kier alpha value is -2.86. The first kappa shape index (κ1) is 21.8. The largest absolute Gasteiger partial charge is 0.385 e. The number of benzene rings is 2. The minimum Gasteiger partial charge on any atom is -0.385 e. The number of thioether (sulfide) groups is 1. The molecule has 0 saturated carbocycles. The van der Waals surface area contributed by atoms with Crippen LogP contribution in [0.3, 0.4) is 0 Å². The van der Waals surface area contributed by atoms with Crippen molar-refractivity contribution in [2.75, 3.05) is 16.8 Å². The van der Waals surface area contributed by atoms with E-state index in [1.165, 1.54) is 34.9 Å². The van der Waals surface area contributed by atoms with E-state index in [1.54, 1.807) is 24.3 Å². The van der Waals surface area contributed by atoms with Crippen molar-refractivity contribution in [3.8, 4) is 5.69 Å². The molecule has 3 rings (SSSR count). The van der Waals surface area contributed by atoms with Crippen molar-refractivity contribution in [3.63, 3.8) is 0 Å². The van der Waals surface area contributed by atoms with E-state index in [4.69, 9.17) is 22.5 Å². The predicted molar refractivity (Wildman–Crippen MR) is 116 cm³/mol. The number of hydrogen-bond donors (Lipinski definition) is 3. The van der Waals surface area contributed by atoms with Crippen molar-refractivity contribution in [3.05, 3.63) is 70.0 Å². The molecule has 0 aliphatic rings. The van der Waals surface area contributed by atoms with Gasteiger partial charge in [-0.25, -0.2) is 13.6 Å². The molecule has 0 atom stereocenters. The topological polar surface area (TPSA) is 150 Å². The number of nitrogens with zero attached hydrogens (tertiary/aromatic N) is 2. The van der Waals surface area contributed by atoms with Crippen molar-refractivity contribution in [1.29, 1.82) is 0 Å². The van der Waals surface area contributed by atoms with Crippen LogP contribution in [0.4, 0.5) is 11.5 Å². The molecule has 0 aliphatic carbocycles. The third kappa shape index (κ3) is 5.39. The highest BCUT2D eigenvalue weighted by atomic mass is 35.5. The van der Waals surface area contributed by atoms with Crippen LogP contribution in [0.2, 0.25) is 5.02 Å². The molecular weight excluding hydrogens is 450 g/mol. The SMILES string of the molecule is Nc1cc(=O)nc(SCC(=O)Nc2ccc(S(N)(=O)=O)cc2)n1-c1ccc(Cl)cc1. The number of sulfonamides is 1. The van der Waals surface area contributed by atoms with Crippen LogP contribution in [0, 0.1) is 0 Å². The molecule has 9 nitrogen and oxygen atoms in total. The lowest BCUT2D eigenvalue weighted by Crippen LogP contribution is -2.19. The molecule has 1 aromatic heterocycles. The van der Waals surface area contributed by atoms with Crippen molar-refractivity contribution >= 4 is 50.8 Å². The molecule has 2 aromatic carbocycles. The smallest absolute Gasteiger partial charge is 0.275 e. The van der Waals surface area contributed by atoms with Crippen LogP contribution in [-0.4, -0.2) is 29.6 Å². The number of anilines is 2. The second-order valence-corrected chi connectivity index (χ2v) is 8.96. The standard InChI is InChI=1S/C18H16ClN5O4S2/c19-11-1-5-13(6-2-11)24-15(20)9-16(25)23-18(24)29-10-17(26)22-12-3-7-14(8-4-12)30(21,27)28/h1-9H,10,20H2,(H,22,26)(H2,21,27,28). The molecule has 0 saturated heterocycles. The van der Waals surface area contributed by atoms with Gasteiger partial charge in [-0.1, -0.05) is 23.4 Å². The molecule has 1 amide bonds. The van der Waals surface area contributed by atoms with Gasteiger partial charge >= 0.3 is 0 Å². The number of carbonyl (C=O) groups is 1. The number of rotatable bonds is 6. The Morgan fingerprint density at radius 1 is 1.13 bits per heavy atom. The fourth-order valence-electron chi connectivity index (χ4n) is 2.48. The molecule has 156 valence electrons. The Morgan fingerprint density at radius 3 is 2.37 bits per heavy atom. The van der Waals surface area contributed by atoms with E-state index in [-0.39, 0.29) is 27.5 Å². The van der Waals surface area contributed by atoms with Crippen molar-refractivity contribution in [2.45, 2.75) is 10.1 Å². The maximum absolute atomic E-state index is 12.3. The monoisotopic (exact) mass is 465 g/mol. The summed E-state index contributed by atoms with van der Waals surface area (Å²) in [6.45, 7) is 0. The van der Waals surface area contributed by atoms with Gasteiger partial charge in [0.1, 0.15) is 5.82 Å². The normalized spacial score (nSPS) is 11.3. The molecular formula is C18H16ClN5O4S2. The number of nitrogens with two attached hydrogens (primary N) is 2. The number of hydrogen-bond acceptors (Lipinski definition) is 7. The number of halogens is 1. The molecule has 1 heterocycles. The minimum absolute atomic E-state index is 0.0641. The number of nitrogens with one attached hydrogen (secondary N) is 1. The molecule has 0 unspecified atom stereocenters. The van der Waals surface area contributed by atoms with Crippen LogP contribution < -0.4 is 21.7 Å². The van der Waals surface area contributed by atoms with E-state index in [2.05, 4.69) is 10.3 Å². The number of primary sulfonamides is 1. The summed E-state index contributed by atoms with van der Waals surface area (Å²) >= 11 is 6.93. The lowest BCUT2D eigenvalue weighted by Gasteiger charge is -2.14. The Morgan fingerprint density at radius 2 is 1.77 bits per heavy atom. The highest BCUT2D eigenvalue weighted by Gasteiger charge is 2.13. The van der Waals surface area contributed by atoms with Gasteiger partial charge in [-0.15, -0.1) is 0 Å². The Bertz CT molecular complexity index is 1240. The fourth-order valence-corrected chi connectivity index (χ4v) is 3.95. The number of aromatic nitrogens is 2. The van der Waals surface area contributed by atoms with Crippen LogP contribution in [0.5, 0.6) is 0 Å². The van der Waals surface area contributed by atoms with E-state index in [9.17, 15) is 18.0 Å². The summed E-state index contributed by atoms with van der Waals surface area (Å²) < 4.78 is 24.1. The van der Waals surface area contributed by atoms with Crippen molar-refractivity contribution in [1.82, 2.24) is 9.55 Å². The molecule has 30 heavy (non-hydrogen) atoms. The average molecular weight is 466 g/mol. The first-order chi connectivity index (χ1) is 14.1. The van der Waals surface area contributed by atoms with E-state index in [0.29, 0.717) is 16.4 Å². The third-order valence-electron chi connectivity index (χ3n) is 3.81. The van der Waals surface area contributed by atoms with E-state index >= 15 is 0 Å². The number of carbonyl (C=O) groups excluding carboxylic acids is 1. The van der Waals surface area contributed by atoms with Crippen molar-refractivity contribution in [2.24, 2.45) is 5.14 Å². The molecule has 0 radical (unpaired) electrons. The van der Waals surface area contributed by atoms with Gasteiger partial charge < -0.3 is 11.1 Å². The highest BCUT2D eigenvalue weighted by molar-refractivity contribution is 7.99. The second-order valence-electron chi connectivity index (χ2n) is 6.02. The van der Waals surface area contributed by atoms with Gasteiger partial charge in [-0.3, -0.25) is 14.2 Å². The Labute approximate surface area is 181 Å². The summed E-state index contributed by atoms with van der Waals surface area (Å²) in [4.78, 5) is 28.0. The maximum Gasteiger partial charge on any atom is 0.275 e. The summed E-state index contributed by atoms with van der Waals surface area (Å²) in [5, 5.41) is 8.45. The number of amides is 1. The first-order valence-electron chi connectivity index (χ1n) is 8.34.